The highest BCUT2D eigenvalue weighted by molar-refractivity contribution is 5.79. The van der Waals surface area contributed by atoms with Crippen LogP contribution in [-0.4, -0.2) is 30.3 Å². The summed E-state index contributed by atoms with van der Waals surface area (Å²) in [7, 11) is 0. The summed E-state index contributed by atoms with van der Waals surface area (Å²) in [5.74, 6) is 1.48. The van der Waals surface area contributed by atoms with Gasteiger partial charge in [0.2, 0.25) is 0 Å². The SMILES string of the molecule is O=C1CCN(CCCC2CCCC2)CC1. The Morgan fingerprint density at radius 3 is 2.47 bits per heavy atom. The Morgan fingerprint density at radius 2 is 1.80 bits per heavy atom. The highest BCUT2D eigenvalue weighted by atomic mass is 16.1. The van der Waals surface area contributed by atoms with Crippen LogP contribution >= 0.6 is 0 Å². The van der Waals surface area contributed by atoms with E-state index in [-0.39, 0.29) is 0 Å². The van der Waals surface area contributed by atoms with Crippen LogP contribution in [0.4, 0.5) is 0 Å². The molecule has 0 aromatic rings. The lowest BCUT2D eigenvalue weighted by Crippen LogP contribution is -2.34. The average molecular weight is 209 g/mol. The predicted molar refractivity (Wildman–Crippen MR) is 61.9 cm³/mol. The molecule has 0 aromatic carbocycles. The van der Waals surface area contributed by atoms with Crippen molar-refractivity contribution in [2.45, 2.75) is 51.4 Å². The zero-order valence-electron chi connectivity index (χ0n) is 9.71. The highest BCUT2D eigenvalue weighted by Crippen LogP contribution is 2.28. The Morgan fingerprint density at radius 1 is 1.13 bits per heavy atom. The molecule has 2 rings (SSSR count). The van der Waals surface area contributed by atoms with E-state index in [4.69, 9.17) is 0 Å². The zero-order chi connectivity index (χ0) is 10.5. The Balaban J connectivity index is 1.55. The molecule has 2 aliphatic rings. The molecular weight excluding hydrogens is 186 g/mol. The third-order valence-corrected chi connectivity index (χ3v) is 3.98. The molecule has 0 N–H and O–H groups in total. The Hall–Kier alpha value is -0.370. The van der Waals surface area contributed by atoms with Crippen molar-refractivity contribution >= 4 is 5.78 Å². The average Bonchev–Trinajstić information content (AvgIpc) is 2.74. The molecule has 2 heteroatoms. The molecule has 0 radical (unpaired) electrons. The first-order chi connectivity index (χ1) is 7.34. The van der Waals surface area contributed by atoms with Gasteiger partial charge >= 0.3 is 0 Å². The standard InChI is InChI=1S/C13H23NO/c15-13-7-10-14(11-8-13)9-3-6-12-4-1-2-5-12/h12H,1-11H2. The van der Waals surface area contributed by atoms with Crippen LogP contribution in [-0.2, 0) is 4.79 Å². The molecular formula is C13H23NO. The Kier molecular flexibility index (Phi) is 4.18. The molecule has 0 aromatic heterocycles. The van der Waals surface area contributed by atoms with Crippen LogP contribution in [0.3, 0.4) is 0 Å². The number of hydrogen-bond donors (Lipinski definition) is 0. The number of carbonyl (C=O) groups is 1. The summed E-state index contributed by atoms with van der Waals surface area (Å²) < 4.78 is 0. The molecule has 86 valence electrons. The quantitative estimate of drug-likeness (QED) is 0.709. The lowest BCUT2D eigenvalue weighted by atomic mass is 10.0. The molecule has 1 saturated carbocycles. The van der Waals surface area contributed by atoms with Gasteiger partial charge < -0.3 is 4.90 Å². The van der Waals surface area contributed by atoms with E-state index in [1.807, 2.05) is 0 Å². The Labute approximate surface area is 93.0 Å². The summed E-state index contributed by atoms with van der Waals surface area (Å²) in [6, 6.07) is 0. The second-order valence-corrected chi connectivity index (χ2v) is 5.17. The van der Waals surface area contributed by atoms with Gasteiger partial charge in [-0.2, -0.15) is 0 Å². The van der Waals surface area contributed by atoms with Crippen molar-refractivity contribution < 1.29 is 4.79 Å². The van der Waals surface area contributed by atoms with Crippen molar-refractivity contribution in [1.29, 1.82) is 0 Å². The minimum absolute atomic E-state index is 0.460. The summed E-state index contributed by atoms with van der Waals surface area (Å²) in [5, 5.41) is 0. The highest BCUT2D eigenvalue weighted by Gasteiger charge is 2.17. The zero-order valence-corrected chi connectivity index (χ0v) is 9.71. The summed E-state index contributed by atoms with van der Waals surface area (Å²) in [6.07, 6.45) is 10.2. The van der Waals surface area contributed by atoms with Gasteiger partial charge in [-0.15, -0.1) is 0 Å². The molecule has 0 amide bonds. The van der Waals surface area contributed by atoms with Crippen LogP contribution in [0.1, 0.15) is 51.4 Å². The largest absolute Gasteiger partial charge is 0.302 e. The monoisotopic (exact) mass is 209 g/mol. The predicted octanol–water partition coefficient (Wildman–Crippen LogP) is 2.62. The summed E-state index contributed by atoms with van der Waals surface area (Å²) in [4.78, 5) is 13.5. The van der Waals surface area contributed by atoms with E-state index in [1.54, 1.807) is 0 Å². The van der Waals surface area contributed by atoms with Crippen molar-refractivity contribution in [2.24, 2.45) is 5.92 Å². The van der Waals surface area contributed by atoms with Gasteiger partial charge in [-0.1, -0.05) is 25.7 Å². The van der Waals surface area contributed by atoms with Crippen LogP contribution in [0.2, 0.25) is 0 Å². The van der Waals surface area contributed by atoms with Crippen molar-refractivity contribution in [3.63, 3.8) is 0 Å². The molecule has 0 atom stereocenters. The topological polar surface area (TPSA) is 20.3 Å². The fraction of sp³-hybridized carbons (Fsp3) is 0.923. The summed E-state index contributed by atoms with van der Waals surface area (Å²) >= 11 is 0. The van der Waals surface area contributed by atoms with Crippen LogP contribution in [0.25, 0.3) is 0 Å². The number of carbonyl (C=O) groups excluding carboxylic acids is 1. The molecule has 0 spiro atoms. The van der Waals surface area contributed by atoms with Crippen molar-refractivity contribution in [2.75, 3.05) is 19.6 Å². The normalized spacial score (nSPS) is 24.9. The molecule has 1 aliphatic heterocycles. The maximum Gasteiger partial charge on any atom is 0.135 e. The minimum Gasteiger partial charge on any atom is -0.302 e. The van der Waals surface area contributed by atoms with Crippen LogP contribution in [0.5, 0.6) is 0 Å². The fourth-order valence-electron chi connectivity index (χ4n) is 2.93. The summed E-state index contributed by atoms with van der Waals surface area (Å²) in [5.41, 5.74) is 0. The number of ketones is 1. The Bertz CT molecular complexity index is 199. The number of likely N-dealkylation sites (tertiary alicyclic amines) is 1. The first kappa shape index (κ1) is 11.1. The van der Waals surface area contributed by atoms with Gasteiger partial charge in [0.15, 0.2) is 0 Å². The van der Waals surface area contributed by atoms with Gasteiger partial charge in [-0.05, 0) is 25.3 Å². The molecule has 15 heavy (non-hydrogen) atoms. The van der Waals surface area contributed by atoms with Crippen molar-refractivity contribution in [1.82, 2.24) is 4.90 Å². The second-order valence-electron chi connectivity index (χ2n) is 5.17. The number of rotatable bonds is 4. The molecule has 2 nitrogen and oxygen atoms in total. The third kappa shape index (κ3) is 3.60. The maximum absolute atomic E-state index is 11.1. The molecule has 1 aliphatic carbocycles. The van der Waals surface area contributed by atoms with E-state index in [1.165, 1.54) is 45.1 Å². The first-order valence-corrected chi connectivity index (χ1v) is 6.58. The lowest BCUT2D eigenvalue weighted by Gasteiger charge is -2.26. The molecule has 1 heterocycles. The number of Topliss-reactive ketones (excluding diaryl/α,β-unsaturated/α-hetero) is 1. The van der Waals surface area contributed by atoms with Crippen LogP contribution in [0, 0.1) is 5.92 Å². The van der Waals surface area contributed by atoms with Crippen molar-refractivity contribution in [3.05, 3.63) is 0 Å². The van der Waals surface area contributed by atoms with Gasteiger partial charge in [0.1, 0.15) is 5.78 Å². The molecule has 0 unspecified atom stereocenters. The number of piperidine rings is 1. The van der Waals surface area contributed by atoms with E-state index in [0.29, 0.717) is 5.78 Å². The summed E-state index contributed by atoms with van der Waals surface area (Å²) in [6.45, 7) is 3.26. The molecule has 0 bridgehead atoms. The third-order valence-electron chi connectivity index (χ3n) is 3.98. The second kappa shape index (κ2) is 5.64. The fourth-order valence-corrected chi connectivity index (χ4v) is 2.93. The van der Waals surface area contributed by atoms with Crippen LogP contribution in [0.15, 0.2) is 0 Å². The number of nitrogens with zero attached hydrogens (tertiary/aromatic N) is 1. The van der Waals surface area contributed by atoms with Gasteiger partial charge in [-0.25, -0.2) is 0 Å². The van der Waals surface area contributed by atoms with Gasteiger partial charge in [-0.3, -0.25) is 4.79 Å². The van der Waals surface area contributed by atoms with E-state index >= 15 is 0 Å². The van der Waals surface area contributed by atoms with Crippen LogP contribution < -0.4 is 0 Å². The van der Waals surface area contributed by atoms with E-state index in [2.05, 4.69) is 4.90 Å². The van der Waals surface area contributed by atoms with Gasteiger partial charge in [0.25, 0.3) is 0 Å². The van der Waals surface area contributed by atoms with Gasteiger partial charge in [0, 0.05) is 25.9 Å². The van der Waals surface area contributed by atoms with E-state index in [9.17, 15) is 4.79 Å². The van der Waals surface area contributed by atoms with Gasteiger partial charge in [0.05, 0.1) is 0 Å². The smallest absolute Gasteiger partial charge is 0.135 e. The first-order valence-electron chi connectivity index (χ1n) is 6.58. The maximum atomic E-state index is 11.1. The molecule has 1 saturated heterocycles. The van der Waals surface area contributed by atoms with E-state index in [0.717, 1.165) is 31.8 Å². The van der Waals surface area contributed by atoms with E-state index < -0.39 is 0 Å². The van der Waals surface area contributed by atoms with Crippen molar-refractivity contribution in [3.8, 4) is 0 Å². The molecule has 2 fully saturated rings. The minimum atomic E-state index is 0.460. The lowest BCUT2D eigenvalue weighted by molar-refractivity contribution is -0.121. The number of hydrogen-bond acceptors (Lipinski definition) is 2.